The maximum Gasteiger partial charge on any atom is 0.277 e. The van der Waals surface area contributed by atoms with Gasteiger partial charge >= 0.3 is 0 Å². The molecule has 0 atom stereocenters. The van der Waals surface area contributed by atoms with Crippen LogP contribution in [0.3, 0.4) is 0 Å². The summed E-state index contributed by atoms with van der Waals surface area (Å²) in [4.78, 5) is 22.9. The monoisotopic (exact) mass is 359 g/mol. The molecule has 0 spiro atoms. The molecule has 0 aliphatic heterocycles. The van der Waals surface area contributed by atoms with E-state index in [9.17, 15) is 9.59 Å². The number of hydrogen-bond acceptors (Lipinski definition) is 4. The minimum absolute atomic E-state index is 0.156. The van der Waals surface area contributed by atoms with Gasteiger partial charge in [-0.2, -0.15) is 5.10 Å². The molecule has 0 heterocycles. The summed E-state index contributed by atoms with van der Waals surface area (Å²) in [6.07, 6.45) is 0. The zero-order chi connectivity index (χ0) is 18.2. The van der Waals surface area contributed by atoms with Gasteiger partial charge in [-0.3, -0.25) is 9.59 Å². The fourth-order valence-corrected chi connectivity index (χ4v) is 2.16. The highest BCUT2D eigenvalue weighted by atomic mass is 35.5. The molecule has 0 fully saturated rings. The van der Waals surface area contributed by atoms with Crippen molar-refractivity contribution < 1.29 is 14.3 Å². The molecule has 2 aromatic rings. The number of hydrazone groups is 1. The lowest BCUT2D eigenvalue weighted by Gasteiger charge is -2.08. The van der Waals surface area contributed by atoms with E-state index >= 15 is 0 Å². The Bertz CT molecular complexity index is 806. The lowest BCUT2D eigenvalue weighted by atomic mass is 10.1. The smallest absolute Gasteiger partial charge is 0.277 e. The summed E-state index contributed by atoms with van der Waals surface area (Å²) in [7, 11) is 0. The van der Waals surface area contributed by atoms with Crippen LogP contribution in [0.25, 0.3) is 0 Å². The van der Waals surface area contributed by atoms with Gasteiger partial charge in [0.1, 0.15) is 5.75 Å². The molecule has 0 radical (unpaired) electrons. The van der Waals surface area contributed by atoms with Crippen LogP contribution in [0.4, 0.5) is 5.69 Å². The molecule has 7 heteroatoms. The number of benzene rings is 2. The maximum absolute atomic E-state index is 11.8. The van der Waals surface area contributed by atoms with Crippen LogP contribution >= 0.6 is 11.6 Å². The first-order valence-corrected chi connectivity index (χ1v) is 7.92. The first-order valence-electron chi connectivity index (χ1n) is 7.54. The predicted molar refractivity (Wildman–Crippen MR) is 98.0 cm³/mol. The Hall–Kier alpha value is -2.86. The number of rotatable bonds is 6. The van der Waals surface area contributed by atoms with Crippen molar-refractivity contribution in [1.82, 2.24) is 5.43 Å². The summed E-state index contributed by atoms with van der Waals surface area (Å²) in [5.41, 5.74) is 4.46. The second-order valence-electron chi connectivity index (χ2n) is 5.21. The third-order valence-electron chi connectivity index (χ3n) is 3.14. The van der Waals surface area contributed by atoms with Crippen molar-refractivity contribution in [3.63, 3.8) is 0 Å². The summed E-state index contributed by atoms with van der Waals surface area (Å²) in [6, 6.07) is 14.1. The van der Waals surface area contributed by atoms with E-state index in [0.717, 1.165) is 5.56 Å². The molecule has 0 saturated carbocycles. The van der Waals surface area contributed by atoms with Crippen LogP contribution in [0, 0.1) is 0 Å². The zero-order valence-electron chi connectivity index (χ0n) is 13.9. The number of hydrogen-bond donors (Lipinski definition) is 2. The number of para-hydroxylation sites is 1. The summed E-state index contributed by atoms with van der Waals surface area (Å²) in [5.74, 6) is -0.128. The van der Waals surface area contributed by atoms with Crippen LogP contribution in [0.5, 0.6) is 5.75 Å². The van der Waals surface area contributed by atoms with E-state index in [2.05, 4.69) is 15.8 Å². The standard InChI is InChI=1S/C18H18ClN3O3/c1-12(14-6-5-7-15(10-14)20-13(2)23)21-22-18(24)11-25-17-9-4-3-8-16(17)19/h3-10H,11H2,1-2H3,(H,20,23)(H,22,24)/b21-12+. The van der Waals surface area contributed by atoms with E-state index in [0.29, 0.717) is 22.2 Å². The molecule has 0 bridgehead atoms. The van der Waals surface area contributed by atoms with Crippen LogP contribution in [0.15, 0.2) is 53.6 Å². The molecule has 2 amide bonds. The minimum atomic E-state index is -0.405. The fourth-order valence-electron chi connectivity index (χ4n) is 1.97. The molecule has 130 valence electrons. The van der Waals surface area contributed by atoms with Crippen LogP contribution < -0.4 is 15.5 Å². The number of carbonyl (C=O) groups excluding carboxylic acids is 2. The number of carbonyl (C=O) groups is 2. The van der Waals surface area contributed by atoms with E-state index < -0.39 is 5.91 Å². The highest BCUT2D eigenvalue weighted by Crippen LogP contribution is 2.22. The Labute approximate surface area is 150 Å². The second kappa shape index (κ2) is 8.84. The molecule has 0 aliphatic carbocycles. The van der Waals surface area contributed by atoms with E-state index in [-0.39, 0.29) is 12.5 Å². The van der Waals surface area contributed by atoms with Gasteiger partial charge in [0.2, 0.25) is 5.91 Å². The summed E-state index contributed by atoms with van der Waals surface area (Å²) in [5, 5.41) is 7.17. The summed E-state index contributed by atoms with van der Waals surface area (Å²) >= 11 is 5.95. The van der Waals surface area contributed by atoms with Gasteiger partial charge in [0, 0.05) is 12.6 Å². The highest BCUT2D eigenvalue weighted by Gasteiger charge is 2.06. The molecular formula is C18H18ClN3O3. The minimum Gasteiger partial charge on any atom is -0.482 e. The van der Waals surface area contributed by atoms with Crippen molar-refractivity contribution in [2.75, 3.05) is 11.9 Å². The molecule has 0 unspecified atom stereocenters. The molecule has 0 aromatic heterocycles. The molecule has 2 rings (SSSR count). The molecule has 2 N–H and O–H groups in total. The first kappa shape index (κ1) is 18.5. The zero-order valence-corrected chi connectivity index (χ0v) is 14.6. The lowest BCUT2D eigenvalue weighted by molar-refractivity contribution is -0.123. The third-order valence-corrected chi connectivity index (χ3v) is 3.46. The van der Waals surface area contributed by atoms with Gasteiger partial charge in [-0.05, 0) is 36.8 Å². The molecule has 6 nitrogen and oxygen atoms in total. The molecule has 2 aromatic carbocycles. The van der Waals surface area contributed by atoms with E-state index in [1.165, 1.54) is 6.92 Å². The Morgan fingerprint density at radius 2 is 1.88 bits per heavy atom. The van der Waals surface area contributed by atoms with Crippen molar-refractivity contribution in [3.8, 4) is 5.75 Å². The van der Waals surface area contributed by atoms with Crippen LogP contribution in [0.1, 0.15) is 19.4 Å². The lowest BCUT2D eigenvalue weighted by Crippen LogP contribution is -2.25. The number of halogens is 1. The van der Waals surface area contributed by atoms with Crippen molar-refractivity contribution in [1.29, 1.82) is 0 Å². The Morgan fingerprint density at radius 1 is 1.12 bits per heavy atom. The first-order chi connectivity index (χ1) is 12.0. The fraction of sp³-hybridized carbons (Fsp3) is 0.167. The Morgan fingerprint density at radius 3 is 2.60 bits per heavy atom. The average molecular weight is 360 g/mol. The third kappa shape index (κ3) is 5.93. The predicted octanol–water partition coefficient (Wildman–Crippen LogP) is 3.22. The van der Waals surface area contributed by atoms with Gasteiger partial charge < -0.3 is 10.1 Å². The number of nitrogens with one attached hydrogen (secondary N) is 2. The van der Waals surface area contributed by atoms with Crippen LogP contribution in [-0.2, 0) is 9.59 Å². The van der Waals surface area contributed by atoms with Gasteiger partial charge in [-0.1, -0.05) is 35.9 Å². The van der Waals surface area contributed by atoms with E-state index in [1.807, 2.05) is 6.07 Å². The molecule has 25 heavy (non-hydrogen) atoms. The normalized spacial score (nSPS) is 10.9. The van der Waals surface area contributed by atoms with Crippen molar-refractivity contribution in [2.24, 2.45) is 5.10 Å². The van der Waals surface area contributed by atoms with Crippen LogP contribution in [-0.4, -0.2) is 24.1 Å². The van der Waals surface area contributed by atoms with Gasteiger partial charge in [0.05, 0.1) is 10.7 Å². The van der Waals surface area contributed by atoms with Crippen LogP contribution in [0.2, 0.25) is 5.02 Å². The van der Waals surface area contributed by atoms with Crippen molar-refractivity contribution >= 4 is 34.8 Å². The average Bonchev–Trinajstić information content (AvgIpc) is 2.58. The topological polar surface area (TPSA) is 79.8 Å². The van der Waals surface area contributed by atoms with Gasteiger partial charge in [0.25, 0.3) is 5.91 Å². The SMILES string of the molecule is CC(=O)Nc1cccc(/C(C)=N/NC(=O)COc2ccccc2Cl)c1. The highest BCUT2D eigenvalue weighted by molar-refractivity contribution is 6.32. The quantitative estimate of drug-likeness (QED) is 0.614. The number of amides is 2. The van der Waals surface area contributed by atoms with Gasteiger partial charge in [-0.15, -0.1) is 0 Å². The summed E-state index contributed by atoms with van der Waals surface area (Å²) in [6.45, 7) is 2.99. The van der Waals surface area contributed by atoms with E-state index in [1.54, 1.807) is 49.4 Å². The largest absolute Gasteiger partial charge is 0.482 e. The molecular weight excluding hydrogens is 342 g/mol. The number of ether oxygens (including phenoxy) is 1. The number of nitrogens with zero attached hydrogens (tertiary/aromatic N) is 1. The second-order valence-corrected chi connectivity index (χ2v) is 5.62. The van der Waals surface area contributed by atoms with Gasteiger partial charge in [-0.25, -0.2) is 5.43 Å². The van der Waals surface area contributed by atoms with E-state index in [4.69, 9.17) is 16.3 Å². The van der Waals surface area contributed by atoms with Gasteiger partial charge in [0.15, 0.2) is 6.61 Å². The molecule has 0 saturated heterocycles. The molecule has 0 aliphatic rings. The maximum atomic E-state index is 11.8. The van der Waals surface area contributed by atoms with Crippen molar-refractivity contribution in [2.45, 2.75) is 13.8 Å². The Kier molecular flexibility index (Phi) is 6.54. The summed E-state index contributed by atoms with van der Waals surface area (Å²) < 4.78 is 5.34. The number of anilines is 1. The van der Waals surface area contributed by atoms with Crippen molar-refractivity contribution in [3.05, 3.63) is 59.1 Å². The Balaban J connectivity index is 1.93.